The fraction of sp³-hybridized carbons (Fsp3) is 0.500. The molecule has 0 aromatic heterocycles. The molecule has 0 spiro atoms. The molecule has 1 aliphatic heterocycles. The zero-order valence-electron chi connectivity index (χ0n) is 10.5. The van der Waals surface area contributed by atoms with E-state index in [0.717, 1.165) is 18.5 Å². The van der Waals surface area contributed by atoms with Gasteiger partial charge in [-0.3, -0.25) is 4.79 Å². The van der Waals surface area contributed by atoms with E-state index < -0.39 is 0 Å². The molecule has 2 atom stereocenters. The van der Waals surface area contributed by atoms with E-state index >= 15 is 0 Å². The summed E-state index contributed by atoms with van der Waals surface area (Å²) in [6, 6.07) is 9.65. The number of aliphatic hydroxyl groups is 1. The van der Waals surface area contributed by atoms with Crippen LogP contribution in [0.4, 0.5) is 0 Å². The second-order valence-corrected chi connectivity index (χ2v) is 4.82. The Balaban J connectivity index is 2.07. The summed E-state index contributed by atoms with van der Waals surface area (Å²) < 4.78 is 0. The predicted octanol–water partition coefficient (Wildman–Crippen LogP) is 0.570. The van der Waals surface area contributed by atoms with Gasteiger partial charge >= 0.3 is 0 Å². The third-order valence-corrected chi connectivity index (χ3v) is 3.59. The van der Waals surface area contributed by atoms with Gasteiger partial charge < -0.3 is 15.7 Å². The number of nitrogens with two attached hydrogens (primary N) is 1. The fourth-order valence-electron chi connectivity index (χ4n) is 2.47. The summed E-state index contributed by atoms with van der Waals surface area (Å²) in [5, 5.41) is 9.12. The summed E-state index contributed by atoms with van der Waals surface area (Å²) >= 11 is 0. The van der Waals surface area contributed by atoms with Crippen molar-refractivity contribution in [2.75, 3.05) is 26.2 Å². The SMILES string of the molecule is NCC(C(=O)N1CCC(CO)C1)c1ccccc1. The molecule has 18 heavy (non-hydrogen) atoms. The molecule has 1 fully saturated rings. The first-order valence-electron chi connectivity index (χ1n) is 6.41. The van der Waals surface area contributed by atoms with E-state index in [1.807, 2.05) is 35.2 Å². The number of rotatable bonds is 4. The maximum Gasteiger partial charge on any atom is 0.231 e. The minimum absolute atomic E-state index is 0.0830. The molecular formula is C14H20N2O2. The average Bonchev–Trinajstić information content (AvgIpc) is 2.89. The highest BCUT2D eigenvalue weighted by atomic mass is 16.3. The molecule has 1 aliphatic rings. The molecule has 4 heteroatoms. The molecule has 1 aromatic rings. The van der Waals surface area contributed by atoms with E-state index in [9.17, 15) is 4.79 Å². The Morgan fingerprint density at radius 3 is 2.72 bits per heavy atom. The van der Waals surface area contributed by atoms with E-state index in [0.29, 0.717) is 13.1 Å². The lowest BCUT2D eigenvalue weighted by molar-refractivity contribution is -0.131. The topological polar surface area (TPSA) is 66.6 Å². The van der Waals surface area contributed by atoms with Crippen molar-refractivity contribution in [2.24, 2.45) is 11.7 Å². The Morgan fingerprint density at radius 2 is 2.17 bits per heavy atom. The van der Waals surface area contributed by atoms with Gasteiger partial charge in [0.2, 0.25) is 5.91 Å². The number of amides is 1. The van der Waals surface area contributed by atoms with Gasteiger partial charge in [0.05, 0.1) is 5.92 Å². The normalized spacial score (nSPS) is 21.0. The zero-order chi connectivity index (χ0) is 13.0. The van der Waals surface area contributed by atoms with Gasteiger partial charge in [0.1, 0.15) is 0 Å². The second-order valence-electron chi connectivity index (χ2n) is 4.82. The van der Waals surface area contributed by atoms with Crippen LogP contribution in [-0.2, 0) is 4.79 Å². The zero-order valence-corrected chi connectivity index (χ0v) is 10.5. The van der Waals surface area contributed by atoms with Crippen molar-refractivity contribution >= 4 is 5.91 Å². The summed E-state index contributed by atoms with van der Waals surface area (Å²) in [6.07, 6.45) is 0.883. The summed E-state index contributed by atoms with van der Waals surface area (Å²) in [4.78, 5) is 14.2. The Kier molecular flexibility index (Phi) is 4.33. The minimum atomic E-state index is -0.261. The van der Waals surface area contributed by atoms with Crippen molar-refractivity contribution in [3.63, 3.8) is 0 Å². The Hall–Kier alpha value is -1.39. The smallest absolute Gasteiger partial charge is 0.231 e. The first-order valence-corrected chi connectivity index (χ1v) is 6.41. The molecule has 0 saturated carbocycles. The standard InChI is InChI=1S/C14H20N2O2/c15-8-13(12-4-2-1-3-5-12)14(18)16-7-6-11(9-16)10-17/h1-5,11,13,17H,6-10,15H2. The first-order chi connectivity index (χ1) is 8.76. The molecule has 2 unspecified atom stereocenters. The average molecular weight is 248 g/mol. The molecule has 0 radical (unpaired) electrons. The number of likely N-dealkylation sites (tertiary alicyclic amines) is 1. The molecule has 3 N–H and O–H groups in total. The van der Waals surface area contributed by atoms with Crippen LogP contribution in [0, 0.1) is 5.92 Å². The molecule has 98 valence electrons. The summed E-state index contributed by atoms with van der Waals surface area (Å²) in [6.45, 7) is 1.86. The molecule has 4 nitrogen and oxygen atoms in total. The Labute approximate surface area is 107 Å². The van der Waals surface area contributed by atoms with Crippen molar-refractivity contribution in [3.8, 4) is 0 Å². The van der Waals surface area contributed by atoms with Gasteiger partial charge in [-0.15, -0.1) is 0 Å². The summed E-state index contributed by atoms with van der Waals surface area (Å²) in [7, 11) is 0. The predicted molar refractivity (Wildman–Crippen MR) is 70.0 cm³/mol. The van der Waals surface area contributed by atoms with Crippen LogP contribution in [0.3, 0.4) is 0 Å². The maximum absolute atomic E-state index is 12.4. The highest BCUT2D eigenvalue weighted by molar-refractivity contribution is 5.84. The van der Waals surface area contributed by atoms with Crippen LogP contribution in [-0.4, -0.2) is 42.2 Å². The Bertz CT molecular complexity index is 394. The minimum Gasteiger partial charge on any atom is -0.396 e. The number of aliphatic hydroxyl groups excluding tert-OH is 1. The van der Waals surface area contributed by atoms with Crippen molar-refractivity contribution in [1.82, 2.24) is 4.90 Å². The first kappa shape index (κ1) is 13.1. The van der Waals surface area contributed by atoms with Crippen LogP contribution in [0.1, 0.15) is 17.9 Å². The quantitative estimate of drug-likeness (QED) is 0.818. The fourth-order valence-corrected chi connectivity index (χ4v) is 2.47. The number of carbonyl (C=O) groups is 1. The molecule has 0 aliphatic carbocycles. The van der Waals surface area contributed by atoms with E-state index in [1.54, 1.807) is 0 Å². The lowest BCUT2D eigenvalue weighted by atomic mass is 9.98. The number of hydrogen-bond acceptors (Lipinski definition) is 3. The van der Waals surface area contributed by atoms with Gasteiger partial charge in [-0.25, -0.2) is 0 Å². The maximum atomic E-state index is 12.4. The van der Waals surface area contributed by atoms with Gasteiger partial charge in [-0.2, -0.15) is 0 Å². The van der Waals surface area contributed by atoms with E-state index in [1.165, 1.54) is 0 Å². The number of benzene rings is 1. The highest BCUT2D eigenvalue weighted by Gasteiger charge is 2.30. The van der Waals surface area contributed by atoms with Crippen LogP contribution < -0.4 is 5.73 Å². The van der Waals surface area contributed by atoms with E-state index in [-0.39, 0.29) is 24.3 Å². The van der Waals surface area contributed by atoms with Crippen molar-refractivity contribution in [2.45, 2.75) is 12.3 Å². The summed E-state index contributed by atoms with van der Waals surface area (Å²) in [5.74, 6) is 0.0476. The van der Waals surface area contributed by atoms with Crippen LogP contribution >= 0.6 is 0 Å². The molecule has 0 bridgehead atoms. The Morgan fingerprint density at radius 1 is 1.44 bits per heavy atom. The monoisotopic (exact) mass is 248 g/mol. The number of carbonyl (C=O) groups excluding carboxylic acids is 1. The number of hydrogen-bond donors (Lipinski definition) is 2. The van der Waals surface area contributed by atoms with Crippen molar-refractivity contribution in [3.05, 3.63) is 35.9 Å². The van der Waals surface area contributed by atoms with Gasteiger partial charge in [-0.05, 0) is 12.0 Å². The molecule has 1 saturated heterocycles. The second kappa shape index (κ2) is 5.98. The summed E-state index contributed by atoms with van der Waals surface area (Å²) in [5.41, 5.74) is 6.71. The molecular weight excluding hydrogens is 228 g/mol. The van der Waals surface area contributed by atoms with E-state index in [4.69, 9.17) is 10.8 Å². The van der Waals surface area contributed by atoms with Gasteiger partial charge in [-0.1, -0.05) is 30.3 Å². The highest BCUT2D eigenvalue weighted by Crippen LogP contribution is 2.22. The molecule has 2 rings (SSSR count). The van der Waals surface area contributed by atoms with Crippen LogP contribution in [0.25, 0.3) is 0 Å². The largest absolute Gasteiger partial charge is 0.396 e. The van der Waals surface area contributed by atoms with E-state index in [2.05, 4.69) is 0 Å². The van der Waals surface area contributed by atoms with Crippen molar-refractivity contribution < 1.29 is 9.90 Å². The van der Waals surface area contributed by atoms with Gasteiger partial charge in [0.15, 0.2) is 0 Å². The third-order valence-electron chi connectivity index (χ3n) is 3.59. The van der Waals surface area contributed by atoms with Crippen molar-refractivity contribution in [1.29, 1.82) is 0 Å². The third kappa shape index (κ3) is 2.71. The molecule has 1 heterocycles. The molecule has 1 aromatic carbocycles. The molecule has 1 amide bonds. The number of nitrogens with zero attached hydrogens (tertiary/aromatic N) is 1. The lowest BCUT2D eigenvalue weighted by Gasteiger charge is -2.22. The van der Waals surface area contributed by atoms with Gasteiger partial charge in [0.25, 0.3) is 0 Å². The lowest BCUT2D eigenvalue weighted by Crippen LogP contribution is -2.36. The van der Waals surface area contributed by atoms with Crippen LogP contribution in [0.2, 0.25) is 0 Å². The van der Waals surface area contributed by atoms with Crippen LogP contribution in [0.5, 0.6) is 0 Å². The van der Waals surface area contributed by atoms with Gasteiger partial charge in [0, 0.05) is 32.2 Å². The van der Waals surface area contributed by atoms with Crippen LogP contribution in [0.15, 0.2) is 30.3 Å².